The number of nitrogens with one attached hydrogen (secondary N) is 1. The van der Waals surface area contributed by atoms with Gasteiger partial charge in [0.15, 0.2) is 0 Å². The van der Waals surface area contributed by atoms with Gasteiger partial charge < -0.3 is 0 Å². The van der Waals surface area contributed by atoms with Crippen LogP contribution in [0.5, 0.6) is 0 Å². The van der Waals surface area contributed by atoms with E-state index in [0.29, 0.717) is 5.52 Å². The zero-order valence-corrected chi connectivity index (χ0v) is 8.28. The normalized spacial score (nSPS) is 12.3. The maximum Gasteiger partial charge on any atom is 0.418 e. The molecular formula is C8H4BrF3N2. The average molecular weight is 265 g/mol. The summed E-state index contributed by atoms with van der Waals surface area (Å²) in [5.41, 5.74) is -0.315. The predicted molar refractivity (Wildman–Crippen MR) is 48.8 cm³/mol. The molecule has 1 N–H and O–H groups in total. The van der Waals surface area contributed by atoms with Crippen LogP contribution >= 0.6 is 15.9 Å². The molecule has 0 aliphatic heterocycles. The molecule has 14 heavy (non-hydrogen) atoms. The quantitative estimate of drug-likeness (QED) is 0.777. The maximum atomic E-state index is 12.6. The second-order valence-corrected chi connectivity index (χ2v) is 3.61. The number of hydrogen-bond acceptors (Lipinski definition) is 1. The predicted octanol–water partition coefficient (Wildman–Crippen LogP) is 3.34. The summed E-state index contributed by atoms with van der Waals surface area (Å²) in [6.45, 7) is 0. The van der Waals surface area contributed by atoms with Gasteiger partial charge in [-0.2, -0.15) is 18.3 Å². The zero-order valence-electron chi connectivity index (χ0n) is 6.69. The van der Waals surface area contributed by atoms with Crippen LogP contribution in [0, 0.1) is 0 Å². The van der Waals surface area contributed by atoms with Gasteiger partial charge in [0.1, 0.15) is 0 Å². The van der Waals surface area contributed by atoms with Gasteiger partial charge in [0.05, 0.1) is 17.3 Å². The number of rotatable bonds is 0. The molecule has 0 aliphatic rings. The molecule has 1 aromatic heterocycles. The molecule has 0 spiro atoms. The minimum Gasteiger partial charge on any atom is -0.278 e. The van der Waals surface area contributed by atoms with Gasteiger partial charge in [-0.25, -0.2) is 0 Å². The van der Waals surface area contributed by atoms with Gasteiger partial charge in [-0.1, -0.05) is 15.9 Å². The molecule has 0 amide bonds. The molecule has 2 aromatic rings. The summed E-state index contributed by atoms with van der Waals surface area (Å²) in [4.78, 5) is 0. The number of aromatic nitrogens is 2. The van der Waals surface area contributed by atoms with Crippen LogP contribution in [0.1, 0.15) is 5.56 Å². The highest BCUT2D eigenvalue weighted by molar-refractivity contribution is 9.10. The number of aromatic amines is 1. The Morgan fingerprint density at radius 1 is 1.29 bits per heavy atom. The number of fused-ring (bicyclic) bond motifs is 1. The van der Waals surface area contributed by atoms with E-state index < -0.39 is 11.7 Å². The highest BCUT2D eigenvalue weighted by atomic mass is 79.9. The van der Waals surface area contributed by atoms with Gasteiger partial charge in [-0.3, -0.25) is 5.10 Å². The smallest absolute Gasteiger partial charge is 0.278 e. The molecule has 0 bridgehead atoms. The number of benzene rings is 1. The van der Waals surface area contributed by atoms with Crippen molar-refractivity contribution in [1.82, 2.24) is 10.2 Å². The van der Waals surface area contributed by atoms with Crippen LogP contribution in [0.15, 0.2) is 22.8 Å². The Kier molecular flexibility index (Phi) is 2.02. The van der Waals surface area contributed by atoms with Gasteiger partial charge >= 0.3 is 6.18 Å². The van der Waals surface area contributed by atoms with Crippen LogP contribution in [-0.4, -0.2) is 10.2 Å². The summed E-state index contributed by atoms with van der Waals surface area (Å²) in [5.74, 6) is 0. The van der Waals surface area contributed by atoms with Crippen molar-refractivity contribution in [3.05, 3.63) is 28.4 Å². The summed E-state index contributed by atoms with van der Waals surface area (Å²) in [6.07, 6.45) is -3.20. The van der Waals surface area contributed by atoms with E-state index >= 15 is 0 Å². The van der Waals surface area contributed by atoms with Crippen molar-refractivity contribution in [1.29, 1.82) is 0 Å². The Morgan fingerprint density at radius 3 is 2.64 bits per heavy atom. The molecule has 2 nitrogen and oxygen atoms in total. The number of halogens is 4. The molecule has 0 saturated carbocycles. The third-order valence-corrected chi connectivity index (χ3v) is 2.52. The molecule has 1 heterocycles. The van der Waals surface area contributed by atoms with Crippen LogP contribution in [0.25, 0.3) is 10.9 Å². The lowest BCUT2D eigenvalue weighted by Gasteiger charge is -2.09. The third kappa shape index (κ3) is 1.39. The molecular weight excluding hydrogens is 261 g/mol. The van der Waals surface area contributed by atoms with E-state index in [9.17, 15) is 13.2 Å². The molecule has 0 atom stereocenters. The number of hydrogen-bond donors (Lipinski definition) is 1. The fourth-order valence-electron chi connectivity index (χ4n) is 1.28. The minimum atomic E-state index is -4.37. The first-order chi connectivity index (χ1) is 6.50. The highest BCUT2D eigenvalue weighted by Crippen LogP contribution is 2.39. The Labute approximate surface area is 85.2 Å². The molecule has 0 saturated heterocycles. The fourth-order valence-corrected chi connectivity index (χ4v) is 1.85. The van der Waals surface area contributed by atoms with Crippen LogP contribution < -0.4 is 0 Å². The van der Waals surface area contributed by atoms with Gasteiger partial charge in [0, 0.05) is 9.86 Å². The van der Waals surface area contributed by atoms with Crippen molar-refractivity contribution in [2.75, 3.05) is 0 Å². The lowest BCUT2D eigenvalue weighted by Crippen LogP contribution is -2.06. The molecule has 0 radical (unpaired) electrons. The maximum absolute atomic E-state index is 12.6. The van der Waals surface area contributed by atoms with Crippen LogP contribution in [0.4, 0.5) is 13.2 Å². The van der Waals surface area contributed by atoms with Gasteiger partial charge in [0.2, 0.25) is 0 Å². The van der Waals surface area contributed by atoms with E-state index in [4.69, 9.17) is 0 Å². The first-order valence-corrected chi connectivity index (χ1v) is 4.48. The minimum absolute atomic E-state index is 0.0268. The summed E-state index contributed by atoms with van der Waals surface area (Å²) in [5, 5.41) is 6.13. The Bertz CT molecular complexity index is 475. The topological polar surface area (TPSA) is 28.7 Å². The van der Waals surface area contributed by atoms with E-state index in [2.05, 4.69) is 26.1 Å². The number of nitrogens with zero attached hydrogens (tertiary/aromatic N) is 1. The lowest BCUT2D eigenvalue weighted by molar-refractivity contribution is -0.136. The first-order valence-electron chi connectivity index (χ1n) is 3.69. The van der Waals surface area contributed by atoms with Crippen molar-refractivity contribution in [3.8, 4) is 0 Å². The van der Waals surface area contributed by atoms with Gasteiger partial charge in [0.25, 0.3) is 0 Å². The highest BCUT2D eigenvalue weighted by Gasteiger charge is 2.35. The Morgan fingerprint density at radius 2 is 2.00 bits per heavy atom. The molecule has 1 aromatic carbocycles. The number of H-pyrrole nitrogens is 1. The fraction of sp³-hybridized carbons (Fsp3) is 0.125. The van der Waals surface area contributed by atoms with Crippen LogP contribution in [-0.2, 0) is 6.18 Å². The molecule has 2 rings (SSSR count). The van der Waals surface area contributed by atoms with Crippen molar-refractivity contribution in [2.45, 2.75) is 6.18 Å². The lowest BCUT2D eigenvalue weighted by atomic mass is 10.1. The van der Waals surface area contributed by atoms with E-state index in [0.717, 1.165) is 0 Å². The average Bonchev–Trinajstić information content (AvgIpc) is 2.48. The SMILES string of the molecule is FC(F)(F)c1c(Br)ccc2[nH]ncc12. The largest absolute Gasteiger partial charge is 0.418 e. The Balaban J connectivity index is 2.83. The van der Waals surface area contributed by atoms with Gasteiger partial charge in [-0.05, 0) is 12.1 Å². The van der Waals surface area contributed by atoms with Crippen molar-refractivity contribution in [3.63, 3.8) is 0 Å². The molecule has 6 heteroatoms. The summed E-state index contributed by atoms with van der Waals surface area (Å²) in [6, 6.07) is 2.89. The summed E-state index contributed by atoms with van der Waals surface area (Å²) >= 11 is 2.88. The second kappa shape index (κ2) is 2.98. The van der Waals surface area contributed by atoms with Gasteiger partial charge in [-0.15, -0.1) is 0 Å². The monoisotopic (exact) mass is 264 g/mol. The molecule has 74 valence electrons. The molecule has 0 unspecified atom stereocenters. The molecule has 0 fully saturated rings. The van der Waals surface area contributed by atoms with Crippen molar-refractivity contribution in [2.24, 2.45) is 0 Å². The first kappa shape index (κ1) is 9.51. The van der Waals surface area contributed by atoms with Crippen molar-refractivity contribution < 1.29 is 13.2 Å². The third-order valence-electron chi connectivity index (χ3n) is 1.86. The molecule has 0 aliphatic carbocycles. The van der Waals surface area contributed by atoms with E-state index in [1.165, 1.54) is 12.3 Å². The summed E-state index contributed by atoms with van der Waals surface area (Å²) < 4.78 is 37.8. The van der Waals surface area contributed by atoms with E-state index in [1.807, 2.05) is 0 Å². The Hall–Kier alpha value is -1.04. The zero-order chi connectivity index (χ0) is 10.3. The number of alkyl halides is 3. The summed E-state index contributed by atoms with van der Waals surface area (Å²) in [7, 11) is 0. The second-order valence-electron chi connectivity index (χ2n) is 2.75. The van der Waals surface area contributed by atoms with Crippen molar-refractivity contribution >= 4 is 26.8 Å². The van der Waals surface area contributed by atoms with Crippen LogP contribution in [0.2, 0.25) is 0 Å². The van der Waals surface area contributed by atoms with E-state index in [-0.39, 0.29) is 9.86 Å². The van der Waals surface area contributed by atoms with Crippen LogP contribution in [0.3, 0.4) is 0 Å². The van der Waals surface area contributed by atoms with E-state index in [1.54, 1.807) is 6.07 Å². The standard InChI is InChI=1S/C8H4BrF3N2/c9-5-1-2-6-4(3-13-14-6)7(5)8(10,11)12/h1-3H,(H,13,14).